The van der Waals surface area contributed by atoms with Gasteiger partial charge in [0, 0.05) is 26.7 Å². The molecule has 0 radical (unpaired) electrons. The average molecular weight is 439 g/mol. The molecule has 1 fully saturated rings. The number of rotatable bonds is 4. The van der Waals surface area contributed by atoms with Gasteiger partial charge < -0.3 is 15.0 Å². The first-order valence-electron chi connectivity index (χ1n) is 7.58. The van der Waals surface area contributed by atoms with Crippen LogP contribution in [0, 0.1) is 5.92 Å². The van der Waals surface area contributed by atoms with Crippen molar-refractivity contribution in [2.75, 3.05) is 20.1 Å². The number of nitrogens with zero attached hydrogens (tertiary/aromatic N) is 2. The molecule has 7 heteroatoms. The van der Waals surface area contributed by atoms with Crippen LogP contribution in [0.2, 0.25) is 0 Å². The van der Waals surface area contributed by atoms with Crippen molar-refractivity contribution in [2.24, 2.45) is 10.9 Å². The van der Waals surface area contributed by atoms with Crippen LogP contribution in [0.15, 0.2) is 29.3 Å². The Bertz CT molecular complexity index is 514. The maximum absolute atomic E-state index is 12.2. The van der Waals surface area contributed by atoms with E-state index in [1.807, 2.05) is 6.07 Å². The summed E-state index contributed by atoms with van der Waals surface area (Å²) >= 11 is 0. The molecule has 4 nitrogen and oxygen atoms in total. The minimum Gasteiger partial charge on any atom is -0.435 e. The average Bonchev–Trinajstić information content (AvgIpc) is 2.48. The lowest BCUT2D eigenvalue weighted by atomic mass is 10.0. The van der Waals surface area contributed by atoms with Gasteiger partial charge in [0.2, 0.25) is 0 Å². The van der Waals surface area contributed by atoms with Crippen LogP contribution in [-0.4, -0.2) is 37.6 Å². The summed E-state index contributed by atoms with van der Waals surface area (Å²) in [5.74, 6) is 1.69. The van der Waals surface area contributed by atoms with E-state index in [0.29, 0.717) is 12.5 Å². The standard InChI is InChI=1S/C16H23F2N3O.HI/c1-12-5-4-8-21(11-12)16(19-2)20-10-13-6-3-7-14(9-13)22-15(17)18;/h3,6-7,9,12,15H,4-5,8,10-11H2,1-2H3,(H,19,20);1H. The second kappa shape index (κ2) is 9.89. The van der Waals surface area contributed by atoms with E-state index in [-0.39, 0.29) is 29.7 Å². The molecule has 1 N–H and O–H groups in total. The molecule has 0 aliphatic carbocycles. The van der Waals surface area contributed by atoms with E-state index in [4.69, 9.17) is 0 Å². The van der Waals surface area contributed by atoms with Crippen LogP contribution >= 0.6 is 24.0 Å². The highest BCUT2D eigenvalue weighted by molar-refractivity contribution is 14.0. The second-order valence-corrected chi connectivity index (χ2v) is 5.62. The third-order valence-electron chi connectivity index (χ3n) is 3.74. The Kier molecular flexibility index (Phi) is 8.57. The van der Waals surface area contributed by atoms with Gasteiger partial charge in [0.1, 0.15) is 5.75 Å². The molecule has 1 atom stereocenters. The number of halogens is 3. The van der Waals surface area contributed by atoms with Crippen molar-refractivity contribution in [3.63, 3.8) is 0 Å². The first kappa shape index (κ1) is 19.9. The lowest BCUT2D eigenvalue weighted by molar-refractivity contribution is -0.0498. The van der Waals surface area contributed by atoms with E-state index in [9.17, 15) is 8.78 Å². The first-order valence-corrected chi connectivity index (χ1v) is 7.58. The lowest BCUT2D eigenvalue weighted by Gasteiger charge is -2.33. The monoisotopic (exact) mass is 439 g/mol. The zero-order valence-corrected chi connectivity index (χ0v) is 15.8. The van der Waals surface area contributed by atoms with Crippen molar-refractivity contribution in [1.82, 2.24) is 10.2 Å². The van der Waals surface area contributed by atoms with Gasteiger partial charge in [-0.3, -0.25) is 4.99 Å². The van der Waals surface area contributed by atoms with Crippen LogP contribution in [-0.2, 0) is 6.54 Å². The Hall–Kier alpha value is -1.12. The fourth-order valence-electron chi connectivity index (χ4n) is 2.73. The van der Waals surface area contributed by atoms with Crippen molar-refractivity contribution in [3.05, 3.63) is 29.8 Å². The van der Waals surface area contributed by atoms with E-state index >= 15 is 0 Å². The van der Waals surface area contributed by atoms with Crippen LogP contribution < -0.4 is 10.1 Å². The van der Waals surface area contributed by atoms with Gasteiger partial charge in [-0.2, -0.15) is 8.78 Å². The van der Waals surface area contributed by atoms with Crippen LogP contribution in [0.4, 0.5) is 8.78 Å². The van der Waals surface area contributed by atoms with Crippen LogP contribution in [0.5, 0.6) is 5.75 Å². The summed E-state index contributed by atoms with van der Waals surface area (Å²) in [5.41, 5.74) is 0.879. The lowest BCUT2D eigenvalue weighted by Crippen LogP contribution is -2.45. The van der Waals surface area contributed by atoms with E-state index in [0.717, 1.165) is 24.6 Å². The molecule has 0 spiro atoms. The quantitative estimate of drug-likeness (QED) is 0.442. The molecule has 0 bridgehead atoms. The normalized spacial score (nSPS) is 18.6. The minimum atomic E-state index is -2.80. The number of aliphatic imine (C=N–C) groups is 1. The van der Waals surface area contributed by atoms with E-state index in [2.05, 4.69) is 26.9 Å². The summed E-state index contributed by atoms with van der Waals surface area (Å²) in [6, 6.07) is 6.72. The highest BCUT2D eigenvalue weighted by atomic mass is 127. The molecule has 23 heavy (non-hydrogen) atoms. The molecule has 1 aromatic rings. The number of guanidine groups is 1. The third-order valence-corrected chi connectivity index (χ3v) is 3.74. The summed E-state index contributed by atoms with van der Waals surface area (Å²) in [6.07, 6.45) is 2.42. The van der Waals surface area contributed by atoms with Gasteiger partial charge >= 0.3 is 6.61 Å². The highest BCUT2D eigenvalue weighted by Crippen LogP contribution is 2.17. The van der Waals surface area contributed by atoms with E-state index in [1.165, 1.54) is 18.9 Å². The van der Waals surface area contributed by atoms with Crippen LogP contribution in [0.3, 0.4) is 0 Å². The molecule has 0 aromatic heterocycles. The molecule has 2 rings (SSSR count). The van der Waals surface area contributed by atoms with Gasteiger partial charge in [-0.25, -0.2) is 0 Å². The molecule has 1 saturated heterocycles. The largest absolute Gasteiger partial charge is 0.435 e. The Morgan fingerprint density at radius 3 is 2.91 bits per heavy atom. The Morgan fingerprint density at radius 1 is 1.48 bits per heavy atom. The Labute approximate surface area is 153 Å². The molecule has 1 heterocycles. The van der Waals surface area contributed by atoms with Gasteiger partial charge in [0.25, 0.3) is 0 Å². The number of hydrogen-bond acceptors (Lipinski definition) is 2. The second-order valence-electron chi connectivity index (χ2n) is 5.62. The van der Waals surface area contributed by atoms with E-state index < -0.39 is 6.61 Å². The molecule has 1 aliphatic rings. The summed E-state index contributed by atoms with van der Waals surface area (Å²) in [7, 11) is 1.76. The van der Waals surface area contributed by atoms with Gasteiger partial charge in [-0.05, 0) is 36.5 Å². The van der Waals surface area contributed by atoms with Crippen molar-refractivity contribution in [3.8, 4) is 5.75 Å². The molecule has 1 unspecified atom stereocenters. The molecule has 130 valence electrons. The maximum Gasteiger partial charge on any atom is 0.387 e. The maximum atomic E-state index is 12.2. The van der Waals surface area contributed by atoms with Gasteiger partial charge in [-0.15, -0.1) is 24.0 Å². The SMILES string of the molecule is CN=C(NCc1cccc(OC(F)F)c1)N1CCCC(C)C1.I. The molecule has 0 saturated carbocycles. The number of likely N-dealkylation sites (tertiary alicyclic amines) is 1. The van der Waals surface area contributed by atoms with Crippen LogP contribution in [0.25, 0.3) is 0 Å². The third kappa shape index (κ3) is 6.48. The smallest absolute Gasteiger partial charge is 0.387 e. The van der Waals surface area contributed by atoms with Gasteiger partial charge in [0.05, 0.1) is 0 Å². The highest BCUT2D eigenvalue weighted by Gasteiger charge is 2.19. The van der Waals surface area contributed by atoms with Gasteiger partial charge in [0.15, 0.2) is 5.96 Å². The Balaban J connectivity index is 0.00000264. The minimum absolute atomic E-state index is 0. The number of piperidine rings is 1. The van der Waals surface area contributed by atoms with Gasteiger partial charge in [-0.1, -0.05) is 19.1 Å². The molecule has 0 amide bonds. The fourth-order valence-corrected chi connectivity index (χ4v) is 2.73. The number of hydrogen-bond donors (Lipinski definition) is 1. The predicted molar refractivity (Wildman–Crippen MR) is 98.7 cm³/mol. The fraction of sp³-hybridized carbons (Fsp3) is 0.562. The van der Waals surface area contributed by atoms with Crippen LogP contribution in [0.1, 0.15) is 25.3 Å². The summed E-state index contributed by atoms with van der Waals surface area (Å²) in [4.78, 5) is 6.56. The van der Waals surface area contributed by atoms with Crippen molar-refractivity contribution >= 4 is 29.9 Å². The first-order chi connectivity index (χ1) is 10.6. The number of benzene rings is 1. The molecule has 1 aromatic carbocycles. The Morgan fingerprint density at radius 2 is 2.26 bits per heavy atom. The van der Waals surface area contributed by atoms with E-state index in [1.54, 1.807) is 19.2 Å². The van der Waals surface area contributed by atoms with Crippen molar-refractivity contribution in [1.29, 1.82) is 0 Å². The number of nitrogens with one attached hydrogen (secondary N) is 1. The van der Waals surface area contributed by atoms with Crippen molar-refractivity contribution < 1.29 is 13.5 Å². The summed E-state index contributed by atoms with van der Waals surface area (Å²) in [5, 5.41) is 3.29. The zero-order valence-electron chi connectivity index (χ0n) is 13.5. The molecular formula is C16H24F2IN3O. The molecular weight excluding hydrogens is 415 g/mol. The predicted octanol–water partition coefficient (Wildman–Crippen LogP) is 3.71. The van der Waals surface area contributed by atoms with Crippen molar-refractivity contribution in [2.45, 2.75) is 32.9 Å². The number of alkyl halides is 2. The number of ether oxygens (including phenoxy) is 1. The summed E-state index contributed by atoms with van der Waals surface area (Å²) in [6.45, 7) is 1.96. The summed E-state index contributed by atoms with van der Waals surface area (Å²) < 4.78 is 28.9. The molecule has 1 aliphatic heterocycles. The topological polar surface area (TPSA) is 36.9 Å². The zero-order chi connectivity index (χ0) is 15.9.